The highest BCUT2D eigenvalue weighted by atomic mass is 16.1. The molecule has 0 radical (unpaired) electrons. The number of rotatable bonds is 3. The lowest BCUT2D eigenvalue weighted by Gasteiger charge is -2.06. The van der Waals surface area contributed by atoms with Crippen molar-refractivity contribution in [1.29, 1.82) is 5.26 Å². The first kappa shape index (κ1) is 12.8. The Hall–Kier alpha value is -2.67. The molecule has 0 aliphatic carbocycles. The molecular formula is C15H13N3O. The fourth-order valence-corrected chi connectivity index (χ4v) is 1.70. The fourth-order valence-electron chi connectivity index (χ4n) is 1.70. The van der Waals surface area contributed by atoms with E-state index >= 15 is 0 Å². The number of aryl methyl sites for hydroxylation is 1. The van der Waals surface area contributed by atoms with Crippen LogP contribution in [0.15, 0.2) is 42.7 Å². The lowest BCUT2D eigenvalue weighted by atomic mass is 10.1. The van der Waals surface area contributed by atoms with E-state index in [9.17, 15) is 4.79 Å². The number of carbonyl (C=O) groups is 1. The summed E-state index contributed by atoms with van der Waals surface area (Å²) in [5.41, 5.74) is 2.51. The van der Waals surface area contributed by atoms with Crippen molar-refractivity contribution in [2.24, 2.45) is 0 Å². The normalized spacial score (nSPS) is 9.68. The molecule has 0 saturated carbocycles. The second-order valence-corrected chi connectivity index (χ2v) is 4.04. The van der Waals surface area contributed by atoms with E-state index in [0.29, 0.717) is 11.3 Å². The van der Waals surface area contributed by atoms with Gasteiger partial charge in [0.15, 0.2) is 0 Å². The van der Waals surface area contributed by atoms with Crippen LogP contribution in [0.2, 0.25) is 0 Å². The van der Waals surface area contributed by atoms with Gasteiger partial charge in [0.05, 0.1) is 11.1 Å². The van der Waals surface area contributed by atoms with E-state index in [4.69, 9.17) is 5.26 Å². The predicted octanol–water partition coefficient (Wildman–Crippen LogP) is 2.77. The van der Waals surface area contributed by atoms with E-state index in [1.165, 1.54) is 24.0 Å². The molecule has 0 atom stereocenters. The monoisotopic (exact) mass is 251 g/mol. The first-order valence-electron chi connectivity index (χ1n) is 5.99. The van der Waals surface area contributed by atoms with Gasteiger partial charge in [0.1, 0.15) is 6.07 Å². The number of hydrogen-bond acceptors (Lipinski definition) is 3. The fraction of sp³-hybridized carbons (Fsp3) is 0.133. The number of nitrogens with one attached hydrogen (secondary N) is 1. The third-order valence-corrected chi connectivity index (χ3v) is 2.81. The number of amides is 1. The molecule has 0 unspecified atom stereocenters. The van der Waals surface area contributed by atoms with Gasteiger partial charge in [-0.1, -0.05) is 19.1 Å². The standard InChI is InChI=1S/C15H13N3O/c1-2-11-3-5-13(6-4-11)18-15(19)14-10-17-8-7-12(14)9-16/h3-8,10H,2H2,1H3,(H,18,19). The van der Waals surface area contributed by atoms with Gasteiger partial charge in [-0.3, -0.25) is 9.78 Å². The molecule has 0 bridgehead atoms. The van der Waals surface area contributed by atoms with Crippen molar-refractivity contribution in [3.8, 4) is 6.07 Å². The molecule has 0 fully saturated rings. The summed E-state index contributed by atoms with van der Waals surface area (Å²) in [6, 6.07) is 11.1. The number of carbonyl (C=O) groups excluding carboxylic acids is 1. The number of nitrogens with zero attached hydrogens (tertiary/aromatic N) is 2. The lowest BCUT2D eigenvalue weighted by molar-refractivity contribution is 0.102. The third kappa shape index (κ3) is 2.96. The summed E-state index contributed by atoms with van der Waals surface area (Å²) in [5, 5.41) is 11.7. The highest BCUT2D eigenvalue weighted by Crippen LogP contribution is 2.13. The van der Waals surface area contributed by atoms with Gasteiger partial charge in [-0.05, 0) is 30.2 Å². The predicted molar refractivity (Wildman–Crippen MR) is 72.7 cm³/mol. The second kappa shape index (κ2) is 5.78. The first-order valence-corrected chi connectivity index (χ1v) is 5.99. The van der Waals surface area contributed by atoms with Gasteiger partial charge in [0, 0.05) is 18.1 Å². The topological polar surface area (TPSA) is 65.8 Å². The number of benzene rings is 1. The van der Waals surface area contributed by atoms with E-state index < -0.39 is 0 Å². The number of nitriles is 1. The number of aromatic nitrogens is 1. The molecule has 1 amide bonds. The Morgan fingerprint density at radius 1 is 1.32 bits per heavy atom. The molecule has 0 aliphatic heterocycles. The second-order valence-electron chi connectivity index (χ2n) is 4.04. The highest BCUT2D eigenvalue weighted by Gasteiger charge is 2.11. The van der Waals surface area contributed by atoms with E-state index in [2.05, 4.69) is 17.2 Å². The number of hydrogen-bond donors (Lipinski definition) is 1. The summed E-state index contributed by atoms with van der Waals surface area (Å²) >= 11 is 0. The van der Waals surface area contributed by atoms with E-state index in [1.807, 2.05) is 30.3 Å². The highest BCUT2D eigenvalue weighted by molar-refractivity contribution is 6.05. The smallest absolute Gasteiger partial charge is 0.258 e. The number of pyridine rings is 1. The van der Waals surface area contributed by atoms with Crippen LogP contribution in [0, 0.1) is 11.3 Å². The summed E-state index contributed by atoms with van der Waals surface area (Å²) in [7, 11) is 0. The Bertz CT molecular complexity index is 627. The van der Waals surface area contributed by atoms with Crippen LogP contribution in [-0.2, 0) is 6.42 Å². The molecule has 1 aromatic carbocycles. The van der Waals surface area contributed by atoms with Crippen LogP contribution in [0.5, 0.6) is 0 Å². The Balaban J connectivity index is 2.19. The van der Waals surface area contributed by atoms with Crippen molar-refractivity contribution in [2.45, 2.75) is 13.3 Å². The van der Waals surface area contributed by atoms with Gasteiger partial charge < -0.3 is 5.32 Å². The molecule has 2 aromatic rings. The molecule has 1 heterocycles. The zero-order valence-corrected chi connectivity index (χ0v) is 10.6. The molecule has 0 aliphatic rings. The maximum Gasteiger partial charge on any atom is 0.258 e. The average molecular weight is 251 g/mol. The molecule has 4 heteroatoms. The van der Waals surface area contributed by atoms with Crippen LogP contribution in [0.1, 0.15) is 28.4 Å². The van der Waals surface area contributed by atoms with Crippen molar-refractivity contribution in [3.05, 3.63) is 59.4 Å². The Morgan fingerprint density at radius 2 is 2.05 bits per heavy atom. The summed E-state index contributed by atoms with van der Waals surface area (Å²) in [5.74, 6) is -0.325. The van der Waals surface area contributed by atoms with Crippen LogP contribution in [0.4, 0.5) is 5.69 Å². The van der Waals surface area contributed by atoms with Crippen molar-refractivity contribution in [1.82, 2.24) is 4.98 Å². The van der Waals surface area contributed by atoms with Gasteiger partial charge >= 0.3 is 0 Å². The quantitative estimate of drug-likeness (QED) is 0.912. The third-order valence-electron chi connectivity index (χ3n) is 2.81. The van der Waals surface area contributed by atoms with Gasteiger partial charge in [-0.25, -0.2) is 0 Å². The SMILES string of the molecule is CCc1ccc(NC(=O)c2cnccc2C#N)cc1. The molecule has 1 N–H and O–H groups in total. The molecule has 94 valence electrons. The van der Waals surface area contributed by atoms with Gasteiger partial charge in [-0.15, -0.1) is 0 Å². The minimum atomic E-state index is -0.325. The van der Waals surface area contributed by atoms with Crippen molar-refractivity contribution in [2.75, 3.05) is 5.32 Å². The van der Waals surface area contributed by atoms with Gasteiger partial charge in [0.2, 0.25) is 0 Å². The zero-order chi connectivity index (χ0) is 13.7. The maximum absolute atomic E-state index is 12.0. The number of anilines is 1. The lowest BCUT2D eigenvalue weighted by Crippen LogP contribution is -2.13. The van der Waals surface area contributed by atoms with Gasteiger partial charge in [-0.2, -0.15) is 5.26 Å². The zero-order valence-electron chi connectivity index (χ0n) is 10.6. The van der Waals surface area contributed by atoms with Gasteiger partial charge in [0.25, 0.3) is 5.91 Å². The summed E-state index contributed by atoms with van der Waals surface area (Å²) in [6.07, 6.45) is 3.84. The molecule has 0 saturated heterocycles. The van der Waals surface area contributed by atoms with E-state index in [1.54, 1.807) is 0 Å². The maximum atomic E-state index is 12.0. The van der Waals surface area contributed by atoms with Crippen LogP contribution < -0.4 is 5.32 Å². The van der Waals surface area contributed by atoms with E-state index in [-0.39, 0.29) is 11.5 Å². The Labute approximate surface area is 111 Å². The first-order chi connectivity index (χ1) is 9.24. The van der Waals surface area contributed by atoms with Crippen LogP contribution in [-0.4, -0.2) is 10.9 Å². The minimum Gasteiger partial charge on any atom is -0.322 e. The average Bonchev–Trinajstić information content (AvgIpc) is 2.48. The van der Waals surface area contributed by atoms with Crippen LogP contribution in [0.3, 0.4) is 0 Å². The summed E-state index contributed by atoms with van der Waals surface area (Å²) < 4.78 is 0. The summed E-state index contributed by atoms with van der Waals surface area (Å²) in [4.78, 5) is 15.9. The minimum absolute atomic E-state index is 0.282. The van der Waals surface area contributed by atoms with Crippen molar-refractivity contribution in [3.63, 3.8) is 0 Å². The Morgan fingerprint density at radius 3 is 2.68 bits per heavy atom. The largest absolute Gasteiger partial charge is 0.322 e. The summed E-state index contributed by atoms with van der Waals surface area (Å²) in [6.45, 7) is 2.07. The molecule has 0 spiro atoms. The molecular weight excluding hydrogens is 238 g/mol. The molecule has 4 nitrogen and oxygen atoms in total. The van der Waals surface area contributed by atoms with Crippen molar-refractivity contribution < 1.29 is 4.79 Å². The van der Waals surface area contributed by atoms with Crippen LogP contribution in [0.25, 0.3) is 0 Å². The van der Waals surface area contributed by atoms with E-state index in [0.717, 1.165) is 6.42 Å². The molecule has 2 rings (SSSR count). The molecule has 19 heavy (non-hydrogen) atoms. The molecule has 1 aromatic heterocycles. The van der Waals surface area contributed by atoms with Crippen LogP contribution >= 0.6 is 0 Å². The Kier molecular flexibility index (Phi) is 3.89. The van der Waals surface area contributed by atoms with Crippen molar-refractivity contribution >= 4 is 11.6 Å².